The van der Waals surface area contributed by atoms with Crippen LogP contribution in [0.15, 0.2) is 59.5 Å². The molecule has 0 aliphatic heterocycles. The number of carbonyl (C=O) groups excluding carboxylic acids is 1. The van der Waals surface area contributed by atoms with Gasteiger partial charge in [-0.1, -0.05) is 30.3 Å². The fourth-order valence-corrected chi connectivity index (χ4v) is 7.16. The molecule has 2 aromatic rings. The monoisotopic (exact) mass is 410 g/mol. The van der Waals surface area contributed by atoms with E-state index in [4.69, 9.17) is 5.14 Å². The molecule has 3 N–H and O–H groups in total. The van der Waals surface area contributed by atoms with Crippen molar-refractivity contribution in [1.29, 1.82) is 0 Å². The summed E-state index contributed by atoms with van der Waals surface area (Å²) in [5.41, 5.74) is 1.77. The van der Waals surface area contributed by atoms with Crippen LogP contribution in [-0.2, 0) is 20.2 Å². The Hall–Kier alpha value is -2.18. The highest BCUT2D eigenvalue weighted by molar-refractivity contribution is 7.89. The van der Waals surface area contributed by atoms with Crippen molar-refractivity contribution in [2.75, 3.05) is 5.32 Å². The molecule has 4 aliphatic rings. The maximum absolute atomic E-state index is 13.5. The van der Waals surface area contributed by atoms with Gasteiger partial charge in [-0.2, -0.15) is 0 Å². The van der Waals surface area contributed by atoms with E-state index in [1.165, 1.54) is 37.0 Å². The van der Waals surface area contributed by atoms with Crippen LogP contribution in [0.1, 0.15) is 44.1 Å². The van der Waals surface area contributed by atoms with E-state index in [2.05, 4.69) is 35.6 Å². The molecule has 0 radical (unpaired) electrons. The van der Waals surface area contributed by atoms with Crippen molar-refractivity contribution in [2.24, 2.45) is 22.4 Å². The number of carbonyl (C=O) groups is 1. The summed E-state index contributed by atoms with van der Waals surface area (Å²) in [6.45, 7) is 0. The summed E-state index contributed by atoms with van der Waals surface area (Å²) >= 11 is 0. The van der Waals surface area contributed by atoms with Gasteiger partial charge in [-0.3, -0.25) is 4.79 Å². The average Bonchev–Trinajstić information content (AvgIpc) is 2.67. The topological polar surface area (TPSA) is 89.3 Å². The molecule has 4 saturated carbocycles. The molecule has 0 aromatic heterocycles. The van der Waals surface area contributed by atoms with Gasteiger partial charge in [0.25, 0.3) is 0 Å². The second-order valence-electron chi connectivity index (χ2n) is 9.41. The van der Waals surface area contributed by atoms with Gasteiger partial charge < -0.3 is 5.32 Å². The van der Waals surface area contributed by atoms with E-state index in [-0.39, 0.29) is 21.6 Å². The van der Waals surface area contributed by atoms with Gasteiger partial charge in [0, 0.05) is 5.69 Å². The number of anilines is 1. The van der Waals surface area contributed by atoms with Crippen molar-refractivity contribution in [3.63, 3.8) is 0 Å². The number of hydrogen-bond donors (Lipinski definition) is 2. The number of rotatable bonds is 4. The molecule has 152 valence electrons. The second-order valence-corrected chi connectivity index (χ2v) is 11.0. The van der Waals surface area contributed by atoms with E-state index in [0.29, 0.717) is 17.5 Å². The standard InChI is InChI=1S/C23H26N2O3S/c24-29(27,28)20-8-6-19(7-9-20)25-21(26)23-13-16-10-17(14-23)12-22(11-16,15-23)18-4-2-1-3-5-18/h1-9,16-17H,10-15H2,(H,25,26)(H2,24,27,28). The Kier molecular flexibility index (Phi) is 4.16. The fraction of sp³-hybridized carbons (Fsp3) is 0.435. The van der Waals surface area contributed by atoms with Crippen LogP contribution in [0.25, 0.3) is 0 Å². The summed E-state index contributed by atoms with van der Waals surface area (Å²) in [6.07, 6.45) is 6.43. The first kappa shape index (κ1) is 18.8. The van der Waals surface area contributed by atoms with Gasteiger partial charge in [-0.25, -0.2) is 13.6 Å². The molecule has 5 nitrogen and oxygen atoms in total. The van der Waals surface area contributed by atoms with Crippen LogP contribution in [0.3, 0.4) is 0 Å². The fourth-order valence-electron chi connectivity index (χ4n) is 6.65. The first-order valence-electron chi connectivity index (χ1n) is 10.3. The van der Waals surface area contributed by atoms with Crippen LogP contribution in [-0.4, -0.2) is 14.3 Å². The molecule has 1 amide bonds. The lowest BCUT2D eigenvalue weighted by molar-refractivity contribution is -0.143. The Morgan fingerprint density at radius 1 is 0.931 bits per heavy atom. The van der Waals surface area contributed by atoms with Crippen molar-refractivity contribution in [3.05, 3.63) is 60.2 Å². The van der Waals surface area contributed by atoms with E-state index in [1.807, 2.05) is 0 Å². The molecule has 2 unspecified atom stereocenters. The summed E-state index contributed by atoms with van der Waals surface area (Å²) in [5.74, 6) is 1.29. The van der Waals surface area contributed by atoms with E-state index >= 15 is 0 Å². The normalized spacial score (nSPS) is 32.9. The van der Waals surface area contributed by atoms with Crippen molar-refractivity contribution in [3.8, 4) is 0 Å². The van der Waals surface area contributed by atoms with Gasteiger partial charge in [0.1, 0.15) is 0 Å². The average molecular weight is 411 g/mol. The third kappa shape index (κ3) is 3.19. The predicted octanol–water partition coefficient (Wildman–Crippen LogP) is 3.81. The molecule has 4 bridgehead atoms. The van der Waals surface area contributed by atoms with Crippen LogP contribution in [0.4, 0.5) is 5.69 Å². The summed E-state index contributed by atoms with van der Waals surface area (Å²) in [5, 5.41) is 8.24. The second kappa shape index (κ2) is 6.41. The quantitative estimate of drug-likeness (QED) is 0.803. The molecule has 6 rings (SSSR count). The van der Waals surface area contributed by atoms with E-state index in [9.17, 15) is 13.2 Å². The Bertz CT molecular complexity index is 1030. The minimum absolute atomic E-state index is 0.0494. The number of amides is 1. The first-order valence-corrected chi connectivity index (χ1v) is 11.8. The van der Waals surface area contributed by atoms with Crippen LogP contribution in [0.2, 0.25) is 0 Å². The molecule has 2 atom stereocenters. The number of sulfonamides is 1. The largest absolute Gasteiger partial charge is 0.326 e. The Morgan fingerprint density at radius 3 is 2.14 bits per heavy atom. The lowest BCUT2D eigenvalue weighted by atomic mass is 9.42. The highest BCUT2D eigenvalue weighted by atomic mass is 32.2. The van der Waals surface area contributed by atoms with Crippen LogP contribution in [0, 0.1) is 17.3 Å². The predicted molar refractivity (Wildman–Crippen MR) is 112 cm³/mol. The summed E-state index contributed by atoms with van der Waals surface area (Å²) < 4.78 is 22.9. The smallest absolute Gasteiger partial charge is 0.238 e. The van der Waals surface area contributed by atoms with Crippen molar-refractivity contribution >= 4 is 21.6 Å². The lowest BCUT2D eigenvalue weighted by Gasteiger charge is -2.61. The number of benzene rings is 2. The molecule has 0 saturated heterocycles. The highest BCUT2D eigenvalue weighted by Gasteiger charge is 2.60. The van der Waals surface area contributed by atoms with E-state index < -0.39 is 10.0 Å². The Morgan fingerprint density at radius 2 is 1.55 bits per heavy atom. The number of primary sulfonamides is 1. The van der Waals surface area contributed by atoms with Gasteiger partial charge in [-0.15, -0.1) is 0 Å². The highest BCUT2D eigenvalue weighted by Crippen LogP contribution is 2.65. The zero-order chi connectivity index (χ0) is 20.3. The summed E-state index contributed by atoms with van der Waals surface area (Å²) in [6, 6.07) is 16.8. The van der Waals surface area contributed by atoms with Gasteiger partial charge in [0.05, 0.1) is 10.3 Å². The first-order chi connectivity index (χ1) is 13.8. The third-order valence-electron chi connectivity index (χ3n) is 7.37. The molecule has 29 heavy (non-hydrogen) atoms. The van der Waals surface area contributed by atoms with E-state index in [0.717, 1.165) is 19.3 Å². The van der Waals surface area contributed by atoms with Crippen molar-refractivity contribution in [1.82, 2.24) is 0 Å². The van der Waals surface area contributed by atoms with Crippen molar-refractivity contribution in [2.45, 2.75) is 48.8 Å². The van der Waals surface area contributed by atoms with Crippen LogP contribution >= 0.6 is 0 Å². The third-order valence-corrected chi connectivity index (χ3v) is 8.30. The van der Waals surface area contributed by atoms with Crippen molar-refractivity contribution < 1.29 is 13.2 Å². The maximum atomic E-state index is 13.5. The zero-order valence-corrected chi connectivity index (χ0v) is 17.1. The Labute approximate surface area is 171 Å². The van der Waals surface area contributed by atoms with Crippen LogP contribution < -0.4 is 10.5 Å². The lowest BCUT2D eigenvalue weighted by Crippen LogP contribution is -2.57. The molecule has 6 heteroatoms. The van der Waals surface area contributed by atoms with Crippen LogP contribution in [0.5, 0.6) is 0 Å². The minimum Gasteiger partial charge on any atom is -0.326 e. The van der Waals surface area contributed by atoms with E-state index in [1.54, 1.807) is 12.1 Å². The maximum Gasteiger partial charge on any atom is 0.238 e. The van der Waals surface area contributed by atoms with Gasteiger partial charge >= 0.3 is 0 Å². The minimum atomic E-state index is -3.74. The molecular formula is C23H26N2O3S. The van der Waals surface area contributed by atoms with Gasteiger partial charge in [0.15, 0.2) is 0 Å². The molecular weight excluding hydrogens is 384 g/mol. The molecule has 0 heterocycles. The SMILES string of the molecule is NS(=O)(=O)c1ccc(NC(=O)C23CC4CC(C2)CC(c2ccccc2)(C4)C3)cc1. The molecule has 4 aliphatic carbocycles. The molecule has 2 aromatic carbocycles. The summed E-state index contributed by atoms with van der Waals surface area (Å²) in [7, 11) is -3.74. The molecule has 4 fully saturated rings. The number of nitrogens with one attached hydrogen (secondary N) is 1. The number of nitrogens with two attached hydrogens (primary N) is 1. The zero-order valence-electron chi connectivity index (χ0n) is 16.3. The van der Waals surface area contributed by atoms with Gasteiger partial charge in [-0.05, 0) is 85.6 Å². The number of hydrogen-bond acceptors (Lipinski definition) is 3. The Balaban J connectivity index is 1.42. The van der Waals surface area contributed by atoms with Gasteiger partial charge in [0.2, 0.25) is 15.9 Å². The summed E-state index contributed by atoms with van der Waals surface area (Å²) in [4.78, 5) is 13.5. The molecule has 0 spiro atoms.